The quantitative estimate of drug-likeness (QED) is 0.0818. The van der Waals surface area contributed by atoms with Crippen molar-refractivity contribution < 1.29 is 30.0 Å². The van der Waals surface area contributed by atoms with E-state index >= 15 is 0 Å². The van der Waals surface area contributed by atoms with Crippen LogP contribution in [0.4, 0.5) is 0 Å². The maximum Gasteiger partial charge on any atom is 0.162 e. The molecule has 0 atom stereocenters. The molecule has 2 heterocycles. The molecule has 0 saturated heterocycles. The van der Waals surface area contributed by atoms with Crippen LogP contribution in [0.3, 0.4) is 0 Å². The third-order valence-corrected chi connectivity index (χ3v) is 10.3. The minimum absolute atomic E-state index is 0. The minimum atomic E-state index is 0. The largest absolute Gasteiger partial charge is 0.512 e. The van der Waals surface area contributed by atoms with Gasteiger partial charge in [-0.25, -0.2) is 0 Å². The van der Waals surface area contributed by atoms with Crippen molar-refractivity contribution in [2.75, 3.05) is 0 Å². The zero-order chi connectivity index (χ0) is 35.0. The van der Waals surface area contributed by atoms with Crippen LogP contribution in [0.5, 0.6) is 0 Å². The van der Waals surface area contributed by atoms with Gasteiger partial charge in [-0.2, -0.15) is 0 Å². The molecule has 5 heteroatoms. The van der Waals surface area contributed by atoms with Crippen LogP contribution in [-0.2, 0) is 36.7 Å². The van der Waals surface area contributed by atoms with Crippen LogP contribution in [0, 0.1) is 23.8 Å². The third kappa shape index (κ3) is 10.00. The minimum Gasteiger partial charge on any atom is -0.512 e. The number of rotatable bonds is 11. The normalized spacial score (nSPS) is 12.0. The number of benzene rings is 3. The van der Waals surface area contributed by atoms with Gasteiger partial charge in [-0.15, -0.1) is 40.5 Å². The van der Waals surface area contributed by atoms with Crippen molar-refractivity contribution in [2.24, 2.45) is 17.8 Å². The number of thiophene rings is 1. The summed E-state index contributed by atoms with van der Waals surface area (Å²) in [6.45, 7) is 19.5. The molecule has 1 radical (unpaired) electrons. The van der Waals surface area contributed by atoms with Gasteiger partial charge in [0.1, 0.15) is 0 Å². The fourth-order valence-electron chi connectivity index (χ4n) is 6.50. The SMILES string of the molecule is CC(C)Cc1csc2cccc(-c3ccnc(-c4[c-]c5ccccc5c(C(C)(C)C)c4)c3)c12.CCC(CC)C(=O)/C=C(\O)C(CC)CC.[Ir]. The third-order valence-electron chi connectivity index (χ3n) is 9.32. The van der Waals surface area contributed by atoms with Crippen molar-refractivity contribution in [3.05, 3.63) is 101 Å². The standard InChI is InChI=1S/C31H30NS.C13H24O2.Ir/c1-20(2)15-24-19-33-29-12-8-11-26(30(24)29)22-13-14-32-28(18-22)23-16-21-9-6-7-10-25(21)27(17-23)31(3,4)5;1-5-10(6-2)12(14)9-13(15)11(7-3)8-4;/h6-14,17-20H,15H2,1-5H3;9-11,14H,5-8H2,1-4H3;/q-1;;/b;12-9-;. The van der Waals surface area contributed by atoms with E-state index in [4.69, 9.17) is 4.98 Å². The Bertz CT molecular complexity index is 1850. The predicted molar refractivity (Wildman–Crippen MR) is 208 cm³/mol. The van der Waals surface area contributed by atoms with Gasteiger partial charge in [-0.3, -0.25) is 9.78 Å². The Morgan fingerprint density at radius 3 is 2.22 bits per heavy atom. The number of hydrogen-bond acceptors (Lipinski definition) is 4. The van der Waals surface area contributed by atoms with Crippen molar-refractivity contribution in [3.8, 4) is 22.4 Å². The van der Waals surface area contributed by atoms with Gasteiger partial charge < -0.3 is 5.11 Å². The van der Waals surface area contributed by atoms with Crippen molar-refractivity contribution in [1.29, 1.82) is 0 Å². The molecule has 49 heavy (non-hydrogen) atoms. The molecule has 0 unspecified atom stereocenters. The average Bonchev–Trinajstić information content (AvgIpc) is 3.47. The van der Waals surface area contributed by atoms with E-state index in [1.54, 1.807) is 0 Å². The second kappa shape index (κ2) is 18.2. The van der Waals surface area contributed by atoms with E-state index in [9.17, 15) is 9.90 Å². The molecule has 5 rings (SSSR count). The van der Waals surface area contributed by atoms with E-state index in [-0.39, 0.29) is 48.9 Å². The Labute approximate surface area is 312 Å². The van der Waals surface area contributed by atoms with E-state index in [0.717, 1.165) is 48.7 Å². The Hall–Kier alpha value is -3.11. The summed E-state index contributed by atoms with van der Waals surface area (Å²) < 4.78 is 1.36. The Kier molecular flexibility index (Phi) is 15.0. The predicted octanol–water partition coefficient (Wildman–Crippen LogP) is 12.9. The first-order chi connectivity index (χ1) is 22.9. The summed E-state index contributed by atoms with van der Waals surface area (Å²) in [5.74, 6) is 1.18. The fraction of sp³-hybridized carbons (Fsp3) is 0.409. The summed E-state index contributed by atoms with van der Waals surface area (Å²) in [6, 6.07) is 25.5. The number of ketones is 1. The van der Waals surface area contributed by atoms with E-state index in [2.05, 4.69) is 107 Å². The first kappa shape index (κ1) is 40.3. The molecule has 0 aliphatic carbocycles. The number of allylic oxidation sites excluding steroid dienone is 2. The van der Waals surface area contributed by atoms with Gasteiger partial charge in [0.25, 0.3) is 0 Å². The molecule has 2 aromatic heterocycles. The molecule has 0 fully saturated rings. The number of carbonyl (C=O) groups is 1. The van der Waals surface area contributed by atoms with Crippen LogP contribution >= 0.6 is 11.3 Å². The Morgan fingerprint density at radius 2 is 1.59 bits per heavy atom. The molecule has 0 spiro atoms. The van der Waals surface area contributed by atoms with Gasteiger partial charge >= 0.3 is 0 Å². The van der Waals surface area contributed by atoms with Crippen molar-refractivity contribution in [3.63, 3.8) is 0 Å². The second-order valence-corrected chi connectivity index (χ2v) is 15.3. The van der Waals surface area contributed by atoms with Crippen LogP contribution in [-0.4, -0.2) is 15.9 Å². The number of fused-ring (bicyclic) bond motifs is 2. The van der Waals surface area contributed by atoms with Crippen LogP contribution in [0.15, 0.2) is 84.1 Å². The molecule has 3 aromatic carbocycles. The summed E-state index contributed by atoms with van der Waals surface area (Å²) in [7, 11) is 0. The molecular formula is C44H54IrNO2S-. The summed E-state index contributed by atoms with van der Waals surface area (Å²) in [4.78, 5) is 16.5. The maximum absolute atomic E-state index is 11.7. The molecule has 0 aliphatic heterocycles. The van der Waals surface area contributed by atoms with Gasteiger partial charge in [-0.05, 0) is 77.6 Å². The molecule has 0 amide bonds. The maximum atomic E-state index is 11.7. The number of nitrogens with zero attached hydrogens (tertiary/aromatic N) is 1. The van der Waals surface area contributed by atoms with E-state index in [1.807, 2.05) is 45.2 Å². The zero-order valence-corrected chi connectivity index (χ0v) is 34.0. The van der Waals surface area contributed by atoms with Crippen molar-refractivity contribution in [1.82, 2.24) is 4.98 Å². The second-order valence-electron chi connectivity index (χ2n) is 14.4. The van der Waals surface area contributed by atoms with E-state index in [0.29, 0.717) is 5.92 Å². The number of aliphatic hydroxyl groups is 1. The number of pyridine rings is 1. The molecule has 5 aromatic rings. The monoisotopic (exact) mass is 853 g/mol. The van der Waals surface area contributed by atoms with Crippen LogP contribution < -0.4 is 0 Å². The van der Waals surface area contributed by atoms with Gasteiger partial charge in [0.15, 0.2) is 5.78 Å². The van der Waals surface area contributed by atoms with Crippen LogP contribution in [0.25, 0.3) is 43.2 Å². The van der Waals surface area contributed by atoms with E-state index < -0.39 is 0 Å². The molecule has 3 nitrogen and oxygen atoms in total. The summed E-state index contributed by atoms with van der Waals surface area (Å²) in [5.41, 5.74) is 7.36. The first-order valence-electron chi connectivity index (χ1n) is 17.8. The Balaban J connectivity index is 0.000000347. The molecular weight excluding hydrogens is 799 g/mol. The average molecular weight is 853 g/mol. The van der Waals surface area contributed by atoms with Crippen LogP contribution in [0.2, 0.25) is 0 Å². The number of aliphatic hydroxyl groups excluding tert-OH is 1. The number of aromatic nitrogens is 1. The fourth-order valence-corrected chi connectivity index (χ4v) is 7.50. The van der Waals surface area contributed by atoms with Gasteiger partial charge in [0, 0.05) is 60.0 Å². The van der Waals surface area contributed by atoms with E-state index in [1.165, 1.54) is 43.8 Å². The molecule has 0 aliphatic rings. The van der Waals surface area contributed by atoms with Gasteiger partial charge in [-0.1, -0.05) is 110 Å². The topological polar surface area (TPSA) is 50.2 Å². The van der Waals surface area contributed by atoms with Gasteiger partial charge in [0.05, 0.1) is 5.76 Å². The molecule has 0 bridgehead atoms. The molecule has 1 N–H and O–H groups in total. The molecule has 0 saturated carbocycles. The van der Waals surface area contributed by atoms with Gasteiger partial charge in [0.2, 0.25) is 0 Å². The van der Waals surface area contributed by atoms with Crippen molar-refractivity contribution >= 4 is 38.0 Å². The number of carbonyl (C=O) groups excluding carboxylic acids is 1. The van der Waals surface area contributed by atoms with Crippen molar-refractivity contribution in [2.45, 2.75) is 99.8 Å². The summed E-state index contributed by atoms with van der Waals surface area (Å²) in [6.07, 6.45) is 7.95. The number of hydrogen-bond donors (Lipinski definition) is 1. The zero-order valence-electron chi connectivity index (χ0n) is 30.8. The Morgan fingerprint density at radius 1 is 0.918 bits per heavy atom. The summed E-state index contributed by atoms with van der Waals surface area (Å²) in [5, 5.41) is 15.9. The smallest absolute Gasteiger partial charge is 0.162 e. The summed E-state index contributed by atoms with van der Waals surface area (Å²) >= 11 is 1.85. The van der Waals surface area contributed by atoms with Crippen LogP contribution in [0.1, 0.15) is 99.1 Å². The first-order valence-corrected chi connectivity index (χ1v) is 18.6. The molecule has 263 valence electrons.